The average Bonchev–Trinajstić information content (AvgIpc) is 2.94. The third kappa shape index (κ3) is 3.29. The van der Waals surface area contributed by atoms with Crippen LogP contribution in [-0.4, -0.2) is 24.3 Å². The molecule has 0 aliphatic heterocycles. The summed E-state index contributed by atoms with van der Waals surface area (Å²) < 4.78 is 12.0. The lowest BCUT2D eigenvalue weighted by atomic mass is 10.3. The summed E-state index contributed by atoms with van der Waals surface area (Å²) in [6.45, 7) is 2.16. The Morgan fingerprint density at radius 3 is 2.65 bits per heavy atom. The Morgan fingerprint density at radius 1 is 1.25 bits per heavy atom. The zero-order chi connectivity index (χ0) is 14.4. The number of nitrogens with zero attached hydrogens (tertiary/aromatic N) is 1. The number of hydrogen-bond acceptors (Lipinski definition) is 3. The predicted octanol–water partition coefficient (Wildman–Crippen LogP) is 3.06. The topological polar surface area (TPSA) is 40.5 Å². The summed E-state index contributed by atoms with van der Waals surface area (Å²) in [7, 11) is 1.64. The largest absolute Gasteiger partial charge is 0.497 e. The van der Waals surface area contributed by atoms with Gasteiger partial charge < -0.3 is 14.0 Å². The Kier molecular flexibility index (Phi) is 4.60. The Labute approximate surface area is 118 Å². The van der Waals surface area contributed by atoms with Crippen LogP contribution in [0.3, 0.4) is 0 Å². The molecule has 4 heteroatoms. The van der Waals surface area contributed by atoms with Crippen molar-refractivity contribution in [3.05, 3.63) is 54.4 Å². The molecule has 0 atom stereocenters. The maximum absolute atomic E-state index is 11.3. The second-order valence-electron chi connectivity index (χ2n) is 4.09. The Bertz CT molecular complexity index is 596. The highest BCUT2D eigenvalue weighted by molar-refractivity contribution is 5.86. The van der Waals surface area contributed by atoms with Crippen molar-refractivity contribution in [2.75, 3.05) is 13.7 Å². The molecule has 20 heavy (non-hydrogen) atoms. The van der Waals surface area contributed by atoms with E-state index in [9.17, 15) is 4.79 Å². The van der Waals surface area contributed by atoms with Gasteiger partial charge in [-0.25, -0.2) is 4.79 Å². The predicted molar refractivity (Wildman–Crippen MR) is 78.0 cm³/mol. The van der Waals surface area contributed by atoms with Crippen LogP contribution in [0.1, 0.15) is 12.6 Å². The minimum Gasteiger partial charge on any atom is -0.497 e. The van der Waals surface area contributed by atoms with Gasteiger partial charge in [0.15, 0.2) is 0 Å². The average molecular weight is 271 g/mol. The zero-order valence-corrected chi connectivity index (χ0v) is 11.6. The molecule has 2 rings (SSSR count). The molecule has 0 saturated heterocycles. The Hall–Kier alpha value is -2.49. The smallest absolute Gasteiger partial charge is 0.330 e. The van der Waals surface area contributed by atoms with Crippen molar-refractivity contribution in [2.24, 2.45) is 0 Å². The number of ether oxygens (including phenoxy) is 2. The van der Waals surface area contributed by atoms with Crippen molar-refractivity contribution in [3.63, 3.8) is 0 Å². The molecule has 1 aromatic carbocycles. The van der Waals surface area contributed by atoms with Crippen molar-refractivity contribution >= 4 is 12.0 Å². The van der Waals surface area contributed by atoms with Gasteiger partial charge in [0, 0.05) is 23.7 Å². The third-order valence-electron chi connectivity index (χ3n) is 2.81. The van der Waals surface area contributed by atoms with Crippen molar-refractivity contribution in [1.82, 2.24) is 4.57 Å². The molecule has 0 spiro atoms. The first kappa shape index (κ1) is 13.9. The molecule has 0 unspecified atom stereocenters. The van der Waals surface area contributed by atoms with Crippen molar-refractivity contribution in [1.29, 1.82) is 0 Å². The summed E-state index contributed by atoms with van der Waals surface area (Å²) in [5.41, 5.74) is 1.91. The third-order valence-corrected chi connectivity index (χ3v) is 2.81. The Morgan fingerprint density at radius 2 is 2.00 bits per heavy atom. The molecule has 104 valence electrons. The van der Waals surface area contributed by atoms with Crippen molar-refractivity contribution < 1.29 is 14.3 Å². The van der Waals surface area contributed by atoms with Crippen LogP contribution >= 0.6 is 0 Å². The number of methoxy groups -OCH3 is 1. The molecule has 0 radical (unpaired) electrons. The minimum absolute atomic E-state index is 0.338. The fourth-order valence-corrected chi connectivity index (χ4v) is 1.85. The van der Waals surface area contributed by atoms with Gasteiger partial charge in [0.25, 0.3) is 0 Å². The second kappa shape index (κ2) is 6.61. The van der Waals surface area contributed by atoms with Gasteiger partial charge >= 0.3 is 5.97 Å². The van der Waals surface area contributed by atoms with Crippen LogP contribution in [0.5, 0.6) is 5.75 Å². The van der Waals surface area contributed by atoms with Crippen LogP contribution in [0.25, 0.3) is 11.8 Å². The lowest BCUT2D eigenvalue weighted by molar-refractivity contribution is -0.137. The van der Waals surface area contributed by atoms with E-state index in [1.165, 1.54) is 6.08 Å². The van der Waals surface area contributed by atoms with Crippen molar-refractivity contribution in [2.45, 2.75) is 6.92 Å². The fourth-order valence-electron chi connectivity index (χ4n) is 1.85. The summed E-state index contributed by atoms with van der Waals surface area (Å²) >= 11 is 0. The van der Waals surface area contributed by atoms with Gasteiger partial charge in [0.1, 0.15) is 5.75 Å². The SMILES string of the molecule is CCOC(=O)/C=C/c1cccn1-c1ccc(OC)cc1. The molecule has 0 N–H and O–H groups in total. The molecule has 0 fully saturated rings. The highest BCUT2D eigenvalue weighted by Gasteiger charge is 2.02. The Balaban J connectivity index is 2.21. The number of aromatic nitrogens is 1. The number of esters is 1. The zero-order valence-electron chi connectivity index (χ0n) is 11.6. The molecular formula is C16H17NO3. The van der Waals surface area contributed by atoms with Crippen molar-refractivity contribution in [3.8, 4) is 11.4 Å². The maximum Gasteiger partial charge on any atom is 0.330 e. The first-order chi connectivity index (χ1) is 9.74. The number of carbonyl (C=O) groups is 1. The van der Waals surface area contributed by atoms with Crippen LogP contribution < -0.4 is 4.74 Å². The molecule has 1 heterocycles. The van der Waals surface area contributed by atoms with Crippen LogP contribution in [0.2, 0.25) is 0 Å². The highest BCUT2D eigenvalue weighted by Crippen LogP contribution is 2.18. The standard InChI is InChI=1S/C16H17NO3/c1-3-20-16(18)11-8-13-5-4-12-17(13)14-6-9-15(19-2)10-7-14/h4-12H,3H2,1-2H3/b11-8+. The van der Waals surface area contributed by atoms with Gasteiger partial charge in [-0.1, -0.05) is 0 Å². The summed E-state index contributed by atoms with van der Waals surface area (Å²) in [5.74, 6) is 0.472. The van der Waals surface area contributed by atoms with Gasteiger partial charge in [0.2, 0.25) is 0 Å². The maximum atomic E-state index is 11.3. The number of benzene rings is 1. The van der Waals surface area contributed by atoms with Gasteiger partial charge in [-0.05, 0) is 49.4 Å². The molecule has 4 nitrogen and oxygen atoms in total. The number of hydrogen-bond donors (Lipinski definition) is 0. The van der Waals surface area contributed by atoms with Gasteiger partial charge in [-0.2, -0.15) is 0 Å². The van der Waals surface area contributed by atoms with E-state index in [0.717, 1.165) is 17.1 Å². The molecule has 0 aliphatic rings. The summed E-state index contributed by atoms with van der Waals surface area (Å²) in [6.07, 6.45) is 5.10. The summed E-state index contributed by atoms with van der Waals surface area (Å²) in [4.78, 5) is 11.3. The van der Waals surface area contributed by atoms with E-state index >= 15 is 0 Å². The van der Waals surface area contributed by atoms with Crippen LogP contribution in [-0.2, 0) is 9.53 Å². The van der Waals surface area contributed by atoms with Gasteiger partial charge in [-0.3, -0.25) is 0 Å². The lowest BCUT2D eigenvalue weighted by Gasteiger charge is -2.07. The summed E-state index contributed by atoms with van der Waals surface area (Å²) in [5, 5.41) is 0. The number of carbonyl (C=O) groups excluding carboxylic acids is 1. The first-order valence-electron chi connectivity index (χ1n) is 6.41. The van der Waals surface area contributed by atoms with E-state index < -0.39 is 0 Å². The number of rotatable bonds is 5. The van der Waals surface area contributed by atoms with Gasteiger partial charge in [-0.15, -0.1) is 0 Å². The van der Waals surface area contributed by atoms with Crippen LogP contribution in [0.15, 0.2) is 48.7 Å². The second-order valence-corrected chi connectivity index (χ2v) is 4.09. The van der Waals surface area contributed by atoms with E-state index in [4.69, 9.17) is 9.47 Å². The van der Waals surface area contributed by atoms with E-state index in [1.807, 2.05) is 47.2 Å². The lowest BCUT2D eigenvalue weighted by Crippen LogP contribution is -2.00. The molecule has 0 aliphatic carbocycles. The quantitative estimate of drug-likeness (QED) is 0.620. The van der Waals surface area contributed by atoms with Gasteiger partial charge in [0.05, 0.1) is 13.7 Å². The van der Waals surface area contributed by atoms with E-state index in [2.05, 4.69) is 0 Å². The normalized spacial score (nSPS) is 10.7. The summed E-state index contributed by atoms with van der Waals surface area (Å²) in [6, 6.07) is 11.6. The van der Waals surface area contributed by atoms with E-state index in [0.29, 0.717) is 6.61 Å². The van der Waals surface area contributed by atoms with E-state index in [-0.39, 0.29) is 5.97 Å². The molecule has 0 amide bonds. The molecule has 1 aromatic heterocycles. The molecule has 2 aromatic rings. The van der Waals surface area contributed by atoms with Crippen LogP contribution in [0, 0.1) is 0 Å². The van der Waals surface area contributed by atoms with E-state index in [1.54, 1.807) is 20.1 Å². The molecular weight excluding hydrogens is 254 g/mol. The monoisotopic (exact) mass is 271 g/mol. The fraction of sp³-hybridized carbons (Fsp3) is 0.188. The molecule has 0 saturated carbocycles. The van der Waals surface area contributed by atoms with Crippen LogP contribution in [0.4, 0.5) is 0 Å². The first-order valence-corrected chi connectivity index (χ1v) is 6.41. The minimum atomic E-state index is -0.338. The molecule has 0 bridgehead atoms. The highest BCUT2D eigenvalue weighted by atomic mass is 16.5.